The van der Waals surface area contributed by atoms with Crippen LogP contribution in [0.25, 0.3) is 11.0 Å². The van der Waals surface area contributed by atoms with E-state index in [1.807, 2.05) is 0 Å². The van der Waals surface area contributed by atoms with Gasteiger partial charge in [0.1, 0.15) is 35.7 Å². The van der Waals surface area contributed by atoms with Crippen LogP contribution in [0.2, 0.25) is 0 Å². The Bertz CT molecular complexity index is 1060. The maximum atomic E-state index is 11.6. The van der Waals surface area contributed by atoms with Gasteiger partial charge in [-0.3, -0.25) is 0 Å². The first-order valence-electron chi connectivity index (χ1n) is 9.08. The SMILES string of the molecule is [2H]c1c(O[C@@H]2O[C@H](C(=O)[O-])[C@@H](O)[C@H](O)[C@H]2O)c([2H])c2oc(=O)c([2H])c([2H])c2c1[2H].[Na+]. The van der Waals surface area contributed by atoms with Gasteiger partial charge in [0, 0.05) is 17.5 Å². The van der Waals surface area contributed by atoms with Crippen molar-refractivity contribution >= 4 is 16.9 Å². The van der Waals surface area contributed by atoms with Crippen LogP contribution < -0.4 is 45.0 Å². The predicted molar refractivity (Wildman–Crippen MR) is 74.8 cm³/mol. The normalized spacial score (nSPS) is 31.8. The number of carboxylic acid groups (broad SMARTS) is 1. The maximum absolute atomic E-state index is 11.6. The molecule has 1 fully saturated rings. The number of aliphatic carboxylic acids is 1. The van der Waals surface area contributed by atoms with Crippen molar-refractivity contribution in [3.05, 3.63) is 40.6 Å². The van der Waals surface area contributed by atoms with Crippen LogP contribution in [0.15, 0.2) is 39.4 Å². The van der Waals surface area contributed by atoms with Crippen LogP contribution >= 0.6 is 0 Å². The molecule has 1 aromatic carbocycles. The molecule has 2 heterocycles. The molecule has 10 heteroatoms. The molecule has 0 unspecified atom stereocenters. The number of rotatable bonds is 3. The van der Waals surface area contributed by atoms with Gasteiger partial charge in [0.05, 0.1) is 12.8 Å². The Labute approximate surface area is 169 Å². The van der Waals surface area contributed by atoms with E-state index in [4.69, 9.17) is 20.7 Å². The number of ether oxygens (including phenoxy) is 2. The summed E-state index contributed by atoms with van der Waals surface area (Å²) in [4.78, 5) is 22.7. The van der Waals surface area contributed by atoms with Gasteiger partial charge in [-0.05, 0) is 18.1 Å². The molecule has 9 nitrogen and oxygen atoms in total. The first kappa shape index (κ1) is 13.7. The number of hydrogen-bond acceptors (Lipinski definition) is 9. The molecule has 3 N–H and O–H groups in total. The maximum Gasteiger partial charge on any atom is 1.00 e. The monoisotopic (exact) mass is 365 g/mol. The minimum absolute atomic E-state index is 0. The average molecular weight is 365 g/mol. The van der Waals surface area contributed by atoms with Gasteiger partial charge in [-0.15, -0.1) is 0 Å². The number of carbonyl (C=O) groups excluding carboxylic acids is 1. The molecule has 3 rings (SSSR count). The third-order valence-electron chi connectivity index (χ3n) is 3.28. The van der Waals surface area contributed by atoms with Crippen LogP contribution in [-0.2, 0) is 9.53 Å². The second-order valence-electron chi connectivity index (χ2n) is 4.88. The third-order valence-corrected chi connectivity index (χ3v) is 3.28. The van der Waals surface area contributed by atoms with E-state index in [1.165, 1.54) is 0 Å². The molecule has 0 bridgehead atoms. The summed E-state index contributed by atoms with van der Waals surface area (Å²) in [5.74, 6) is -2.71. The minimum Gasteiger partial charge on any atom is -0.547 e. The van der Waals surface area contributed by atoms with Gasteiger partial charge in [0.2, 0.25) is 6.29 Å². The third kappa shape index (κ3) is 4.04. The van der Waals surface area contributed by atoms with Gasteiger partial charge < -0.3 is 39.1 Å². The summed E-state index contributed by atoms with van der Waals surface area (Å²) >= 11 is 0. The fourth-order valence-electron chi connectivity index (χ4n) is 2.08. The summed E-state index contributed by atoms with van der Waals surface area (Å²) in [6.07, 6.45) is -10.2. The molecular weight excluding hydrogens is 347 g/mol. The van der Waals surface area contributed by atoms with Crippen molar-refractivity contribution in [3.8, 4) is 5.75 Å². The molecule has 1 aliphatic heterocycles. The van der Waals surface area contributed by atoms with E-state index in [2.05, 4.69) is 0 Å². The molecule has 0 aliphatic carbocycles. The molecule has 1 aromatic heterocycles. The number of carbonyl (C=O) groups is 1. The van der Waals surface area contributed by atoms with Crippen molar-refractivity contribution < 1.29 is 75.5 Å². The first-order chi connectivity index (χ1) is 13.5. The molecule has 0 saturated carbocycles. The Morgan fingerprint density at radius 3 is 2.52 bits per heavy atom. The summed E-state index contributed by atoms with van der Waals surface area (Å²) in [6.45, 7) is 0. The molecule has 0 amide bonds. The largest absolute Gasteiger partial charge is 1.00 e. The van der Waals surface area contributed by atoms with Crippen molar-refractivity contribution in [3.63, 3.8) is 0 Å². The summed E-state index contributed by atoms with van der Waals surface area (Å²) in [6, 6.07) is -3.98. The molecule has 25 heavy (non-hydrogen) atoms. The summed E-state index contributed by atoms with van der Waals surface area (Å²) in [7, 11) is 0. The van der Waals surface area contributed by atoms with Crippen LogP contribution in [0.3, 0.4) is 0 Å². The van der Waals surface area contributed by atoms with Gasteiger partial charge in [0.15, 0.2) is 0 Å². The van der Waals surface area contributed by atoms with Gasteiger partial charge >= 0.3 is 35.2 Å². The number of aliphatic hydroxyl groups is 3. The average Bonchev–Trinajstić information content (AvgIpc) is 2.66. The number of aliphatic hydroxyl groups excluding tert-OH is 3. The molecule has 5 atom stereocenters. The van der Waals surface area contributed by atoms with E-state index in [0.717, 1.165) is 0 Å². The van der Waals surface area contributed by atoms with Crippen molar-refractivity contribution in [1.29, 1.82) is 0 Å². The van der Waals surface area contributed by atoms with E-state index in [1.54, 1.807) is 0 Å². The van der Waals surface area contributed by atoms with E-state index in [-0.39, 0.29) is 29.6 Å². The second kappa shape index (κ2) is 7.83. The van der Waals surface area contributed by atoms with E-state index < -0.39 is 89.2 Å². The Morgan fingerprint density at radius 1 is 1.16 bits per heavy atom. The Morgan fingerprint density at radius 2 is 1.84 bits per heavy atom. The van der Waals surface area contributed by atoms with E-state index >= 15 is 0 Å². The number of fused-ring (bicyclic) bond motifs is 1. The summed E-state index contributed by atoms with van der Waals surface area (Å²) in [5, 5.41) is 40.0. The zero-order valence-electron chi connectivity index (χ0n) is 17.7. The summed E-state index contributed by atoms with van der Waals surface area (Å²) in [5.41, 5.74) is -1.92. The molecule has 0 spiro atoms. The predicted octanol–water partition coefficient (Wildman–Crippen LogP) is -5.27. The van der Waals surface area contributed by atoms with Gasteiger partial charge in [-0.2, -0.15) is 0 Å². The zero-order chi connectivity index (χ0) is 21.8. The quantitative estimate of drug-likeness (QED) is 0.358. The second-order valence-corrected chi connectivity index (χ2v) is 4.88. The Kier molecular flexibility index (Phi) is 4.29. The molecule has 2 aromatic rings. The topological polar surface area (TPSA) is 149 Å². The molecule has 128 valence electrons. The van der Waals surface area contributed by atoms with Crippen molar-refractivity contribution in [2.45, 2.75) is 30.7 Å². The van der Waals surface area contributed by atoms with Crippen LogP contribution in [0.5, 0.6) is 5.75 Å². The first-order valence-corrected chi connectivity index (χ1v) is 6.58. The van der Waals surface area contributed by atoms with E-state index in [0.29, 0.717) is 0 Å². The van der Waals surface area contributed by atoms with Gasteiger partial charge in [-0.25, -0.2) is 4.79 Å². The molecule has 1 saturated heterocycles. The fourth-order valence-corrected chi connectivity index (χ4v) is 2.08. The van der Waals surface area contributed by atoms with Crippen LogP contribution in [0.4, 0.5) is 0 Å². The fraction of sp³-hybridized carbons (Fsp3) is 0.333. The standard InChI is InChI=1S/C15H14O9.Na/c16-9-4-2-6-1-3-7(5-8(6)23-9)22-15-12(19)10(17)11(18)13(24-15)14(20)21;/h1-5,10-13,15,17-19H,(H,20,21);/q;+1/p-1/t10-,11-,12+,13-,15+;/m0./s1/i1D,2D,3D,4D,5D;. The Balaban J connectivity index is 0.00000320. The number of carboxylic acids is 1. The van der Waals surface area contributed by atoms with Gasteiger partial charge in [-0.1, -0.05) is 0 Å². The smallest absolute Gasteiger partial charge is 0.547 e. The summed E-state index contributed by atoms with van der Waals surface area (Å²) < 4.78 is 54.0. The van der Waals surface area contributed by atoms with Gasteiger partial charge in [0.25, 0.3) is 0 Å². The minimum atomic E-state index is -2.11. The van der Waals surface area contributed by atoms with Crippen molar-refractivity contribution in [2.75, 3.05) is 0 Å². The number of hydrogen-bond donors (Lipinski definition) is 3. The molecule has 0 radical (unpaired) electrons. The van der Waals surface area contributed by atoms with Crippen molar-refractivity contribution in [1.82, 2.24) is 0 Å². The molecular formula is C15H13NaO9. The van der Waals surface area contributed by atoms with Crippen LogP contribution in [0.1, 0.15) is 6.85 Å². The Hall–Kier alpha value is -1.46. The van der Waals surface area contributed by atoms with E-state index in [9.17, 15) is 30.0 Å². The van der Waals surface area contributed by atoms with Crippen LogP contribution in [-0.4, -0.2) is 52.0 Å². The van der Waals surface area contributed by atoms with Crippen molar-refractivity contribution in [2.24, 2.45) is 0 Å². The van der Waals surface area contributed by atoms with Crippen LogP contribution in [0, 0.1) is 0 Å². The number of benzene rings is 1. The zero-order valence-corrected chi connectivity index (χ0v) is 14.7. The molecule has 1 aliphatic rings.